The average Bonchev–Trinajstić information content (AvgIpc) is 3.34. The summed E-state index contributed by atoms with van der Waals surface area (Å²) in [6.45, 7) is 5.19. The number of carbonyl (C=O) groups excluding carboxylic acids is 3. The van der Waals surface area contributed by atoms with E-state index in [1.807, 2.05) is 23.1 Å². The fraction of sp³-hybridized carbons (Fsp3) is 0.444. The first-order chi connectivity index (χ1) is 16.9. The van der Waals surface area contributed by atoms with Crippen molar-refractivity contribution in [2.45, 2.75) is 58.5 Å². The number of benzene rings is 2. The molecule has 1 saturated heterocycles. The van der Waals surface area contributed by atoms with Gasteiger partial charge in [0.1, 0.15) is 0 Å². The van der Waals surface area contributed by atoms with Gasteiger partial charge in [0.25, 0.3) is 5.91 Å². The van der Waals surface area contributed by atoms with E-state index in [4.69, 9.17) is 9.47 Å². The smallest absolute Gasteiger partial charge is 0.254 e. The fourth-order valence-electron chi connectivity index (χ4n) is 5.27. The van der Waals surface area contributed by atoms with Crippen molar-refractivity contribution in [2.75, 3.05) is 11.8 Å². The van der Waals surface area contributed by atoms with Gasteiger partial charge in [-0.25, -0.2) is 5.01 Å². The minimum Gasteiger partial charge on any atom is -0.454 e. The third-order valence-electron chi connectivity index (χ3n) is 7.54. The van der Waals surface area contributed by atoms with E-state index in [1.54, 1.807) is 24.3 Å². The van der Waals surface area contributed by atoms with E-state index >= 15 is 0 Å². The van der Waals surface area contributed by atoms with Gasteiger partial charge in [-0.15, -0.1) is 0 Å². The summed E-state index contributed by atoms with van der Waals surface area (Å²) in [5.74, 6) is 1.94. The van der Waals surface area contributed by atoms with E-state index in [1.165, 1.54) is 11.4 Å². The third-order valence-corrected chi connectivity index (χ3v) is 7.54. The molecule has 1 N–H and O–H groups in total. The summed E-state index contributed by atoms with van der Waals surface area (Å²) in [6.07, 6.45) is 3.60. The average molecular weight is 478 g/mol. The van der Waals surface area contributed by atoms with Gasteiger partial charge in [0.15, 0.2) is 11.5 Å². The number of hydrogen-bond acceptors (Lipinski definition) is 5. The Hall–Kier alpha value is -3.55. The Morgan fingerprint density at radius 1 is 1.03 bits per heavy atom. The standard InChI is InChI=1S/C27H31N3O5/c1-17-4-3-5-22(18(17)2)29(15-19-6-11-23-24(14-19)35-16-34-23)27(33)20-7-9-21(10-8-20)30-26(32)13-12-25(31)28-30/h6-11,14,17-18,22H,3-5,12-13,15-16H2,1-2H3,(H,28,31). The Bertz CT molecular complexity index is 1130. The molecule has 2 aromatic rings. The molecule has 2 fully saturated rings. The summed E-state index contributed by atoms with van der Waals surface area (Å²) in [4.78, 5) is 39.8. The summed E-state index contributed by atoms with van der Waals surface area (Å²) in [6, 6.07) is 12.8. The van der Waals surface area contributed by atoms with Gasteiger partial charge in [-0.1, -0.05) is 32.8 Å². The fourth-order valence-corrected chi connectivity index (χ4v) is 5.27. The molecule has 8 nitrogen and oxygen atoms in total. The maximum Gasteiger partial charge on any atom is 0.254 e. The van der Waals surface area contributed by atoms with E-state index in [0.717, 1.165) is 24.2 Å². The zero-order valence-corrected chi connectivity index (χ0v) is 20.2. The van der Waals surface area contributed by atoms with Crippen molar-refractivity contribution >= 4 is 23.4 Å². The van der Waals surface area contributed by atoms with Crippen LogP contribution in [0.1, 0.15) is 61.9 Å². The van der Waals surface area contributed by atoms with Gasteiger partial charge in [0, 0.05) is 31.0 Å². The minimum absolute atomic E-state index is 0.0471. The summed E-state index contributed by atoms with van der Waals surface area (Å²) in [5.41, 5.74) is 4.68. The van der Waals surface area contributed by atoms with Crippen LogP contribution >= 0.6 is 0 Å². The highest BCUT2D eigenvalue weighted by atomic mass is 16.7. The number of hydrogen-bond donors (Lipinski definition) is 1. The van der Waals surface area contributed by atoms with Crippen LogP contribution in [0.3, 0.4) is 0 Å². The molecule has 3 atom stereocenters. The minimum atomic E-state index is -0.194. The van der Waals surface area contributed by atoms with Crippen LogP contribution < -0.4 is 19.9 Å². The molecule has 3 amide bonds. The SMILES string of the molecule is CC1CCCC(N(Cc2ccc3c(c2)OCO3)C(=O)c2ccc(N3NC(=O)CCC3=O)cc2)C1C. The maximum atomic E-state index is 13.9. The van der Waals surface area contributed by atoms with Crippen LogP contribution in [0.4, 0.5) is 5.69 Å². The molecule has 5 rings (SSSR count). The van der Waals surface area contributed by atoms with E-state index in [2.05, 4.69) is 19.3 Å². The first-order valence-electron chi connectivity index (χ1n) is 12.3. The summed E-state index contributed by atoms with van der Waals surface area (Å²) < 4.78 is 11.0. The molecule has 1 saturated carbocycles. The monoisotopic (exact) mass is 477 g/mol. The van der Waals surface area contributed by atoms with Crippen LogP contribution in [0.2, 0.25) is 0 Å². The van der Waals surface area contributed by atoms with Gasteiger partial charge in [0.2, 0.25) is 18.6 Å². The Morgan fingerprint density at radius 2 is 1.80 bits per heavy atom. The second-order valence-electron chi connectivity index (χ2n) is 9.77. The number of ether oxygens (including phenoxy) is 2. The van der Waals surface area contributed by atoms with Crippen molar-refractivity contribution in [3.63, 3.8) is 0 Å². The normalized spacial score (nSPS) is 23.7. The quantitative estimate of drug-likeness (QED) is 0.702. The molecule has 184 valence electrons. The van der Waals surface area contributed by atoms with E-state index in [0.29, 0.717) is 35.4 Å². The number of amides is 3. The van der Waals surface area contributed by atoms with Crippen molar-refractivity contribution in [2.24, 2.45) is 11.8 Å². The molecular weight excluding hydrogens is 446 g/mol. The Labute approximate surface area is 205 Å². The highest BCUT2D eigenvalue weighted by Gasteiger charge is 2.35. The van der Waals surface area contributed by atoms with E-state index in [9.17, 15) is 14.4 Å². The lowest BCUT2D eigenvalue weighted by Gasteiger charge is -2.42. The summed E-state index contributed by atoms with van der Waals surface area (Å²) in [7, 11) is 0. The third kappa shape index (κ3) is 4.70. The molecule has 2 heterocycles. The molecule has 0 aromatic heterocycles. The second-order valence-corrected chi connectivity index (χ2v) is 9.77. The first kappa shape index (κ1) is 23.2. The maximum absolute atomic E-state index is 13.9. The molecule has 35 heavy (non-hydrogen) atoms. The number of nitrogens with one attached hydrogen (secondary N) is 1. The number of nitrogens with zero attached hydrogens (tertiary/aromatic N) is 2. The molecule has 0 bridgehead atoms. The molecule has 0 spiro atoms. The highest BCUT2D eigenvalue weighted by Crippen LogP contribution is 2.36. The lowest BCUT2D eigenvalue weighted by atomic mass is 9.77. The summed E-state index contributed by atoms with van der Waals surface area (Å²) >= 11 is 0. The van der Waals surface area contributed by atoms with Gasteiger partial charge in [0.05, 0.1) is 5.69 Å². The zero-order chi connectivity index (χ0) is 24.5. The molecule has 3 unspecified atom stereocenters. The van der Waals surface area contributed by atoms with Crippen molar-refractivity contribution in [3.05, 3.63) is 53.6 Å². The number of hydrazine groups is 1. The van der Waals surface area contributed by atoms with Crippen molar-refractivity contribution in [3.8, 4) is 11.5 Å². The number of anilines is 1. The molecule has 2 aromatic carbocycles. The van der Waals surface area contributed by atoms with Gasteiger partial charge in [-0.3, -0.25) is 19.8 Å². The van der Waals surface area contributed by atoms with Crippen LogP contribution in [0.15, 0.2) is 42.5 Å². The van der Waals surface area contributed by atoms with Crippen LogP contribution in [0, 0.1) is 11.8 Å². The number of carbonyl (C=O) groups is 3. The van der Waals surface area contributed by atoms with Crippen LogP contribution in [-0.2, 0) is 16.1 Å². The molecule has 8 heteroatoms. The Morgan fingerprint density at radius 3 is 2.60 bits per heavy atom. The van der Waals surface area contributed by atoms with E-state index in [-0.39, 0.29) is 43.4 Å². The second kappa shape index (κ2) is 9.60. The predicted molar refractivity (Wildman–Crippen MR) is 130 cm³/mol. The molecule has 1 aliphatic carbocycles. The van der Waals surface area contributed by atoms with Gasteiger partial charge >= 0.3 is 0 Å². The Kier molecular flexibility index (Phi) is 6.36. The zero-order valence-electron chi connectivity index (χ0n) is 20.2. The van der Waals surface area contributed by atoms with Gasteiger partial charge in [-0.05, 0) is 60.2 Å². The number of fused-ring (bicyclic) bond motifs is 1. The van der Waals surface area contributed by atoms with Crippen LogP contribution in [0.5, 0.6) is 11.5 Å². The topological polar surface area (TPSA) is 88.2 Å². The van der Waals surface area contributed by atoms with Crippen molar-refractivity contribution in [1.29, 1.82) is 0 Å². The molecule has 0 radical (unpaired) electrons. The molecule has 2 aliphatic heterocycles. The van der Waals surface area contributed by atoms with Crippen molar-refractivity contribution < 1.29 is 23.9 Å². The highest BCUT2D eigenvalue weighted by molar-refractivity contribution is 6.01. The van der Waals surface area contributed by atoms with E-state index < -0.39 is 0 Å². The van der Waals surface area contributed by atoms with Crippen molar-refractivity contribution in [1.82, 2.24) is 10.3 Å². The largest absolute Gasteiger partial charge is 0.454 e. The predicted octanol–water partition coefficient (Wildman–Crippen LogP) is 4.04. The van der Waals surface area contributed by atoms with Gasteiger partial charge in [-0.2, -0.15) is 0 Å². The summed E-state index contributed by atoms with van der Waals surface area (Å²) in [5, 5.41) is 1.26. The van der Waals surface area contributed by atoms with Gasteiger partial charge < -0.3 is 14.4 Å². The lowest BCUT2D eigenvalue weighted by Crippen LogP contribution is -2.50. The van der Waals surface area contributed by atoms with Crippen LogP contribution in [-0.4, -0.2) is 35.5 Å². The molecule has 3 aliphatic rings. The Balaban J connectivity index is 1.41. The number of rotatable bonds is 5. The first-order valence-corrected chi connectivity index (χ1v) is 12.3. The lowest BCUT2D eigenvalue weighted by molar-refractivity contribution is -0.130. The molecular formula is C27H31N3O5. The van der Waals surface area contributed by atoms with Crippen LogP contribution in [0.25, 0.3) is 0 Å².